The first-order chi connectivity index (χ1) is 9.00. The lowest BCUT2D eigenvalue weighted by Gasteiger charge is -2.23. The Morgan fingerprint density at radius 1 is 1.20 bits per heavy atom. The van der Waals surface area contributed by atoms with Gasteiger partial charge in [-0.2, -0.15) is 0 Å². The molecule has 1 aliphatic rings. The summed E-state index contributed by atoms with van der Waals surface area (Å²) >= 11 is 0. The van der Waals surface area contributed by atoms with Crippen molar-refractivity contribution in [1.82, 2.24) is 4.90 Å². The zero-order valence-corrected chi connectivity index (χ0v) is 13.3. The summed E-state index contributed by atoms with van der Waals surface area (Å²) in [6, 6.07) is 10.3. The summed E-state index contributed by atoms with van der Waals surface area (Å²) < 4.78 is 0. The Kier molecular flexibility index (Phi) is 6.03. The lowest BCUT2D eigenvalue weighted by molar-refractivity contribution is -0.135. The molecule has 1 fully saturated rings. The van der Waals surface area contributed by atoms with E-state index in [1.54, 1.807) is 0 Å². The number of nitrogens with two attached hydrogens (primary N) is 1. The van der Waals surface area contributed by atoms with E-state index in [9.17, 15) is 4.79 Å². The molecule has 3 atom stereocenters. The molecule has 4 heteroatoms. The second-order valence-corrected chi connectivity index (χ2v) is 5.96. The first kappa shape index (κ1) is 17.0. The molecule has 0 aliphatic carbocycles. The summed E-state index contributed by atoms with van der Waals surface area (Å²) in [5, 5.41) is 0. The number of amides is 1. The number of carbonyl (C=O) groups excluding carboxylic acids is 1. The second kappa shape index (κ2) is 7.09. The van der Waals surface area contributed by atoms with Gasteiger partial charge in [-0.3, -0.25) is 4.79 Å². The van der Waals surface area contributed by atoms with Gasteiger partial charge in [-0.05, 0) is 11.5 Å². The van der Waals surface area contributed by atoms with E-state index < -0.39 is 0 Å². The molecule has 2 rings (SSSR count). The number of carbonyl (C=O) groups is 1. The van der Waals surface area contributed by atoms with Gasteiger partial charge in [0.2, 0.25) is 5.91 Å². The van der Waals surface area contributed by atoms with Crippen LogP contribution in [0, 0.1) is 11.8 Å². The van der Waals surface area contributed by atoms with E-state index in [2.05, 4.69) is 26.0 Å². The van der Waals surface area contributed by atoms with Crippen molar-refractivity contribution in [3.8, 4) is 0 Å². The van der Waals surface area contributed by atoms with Crippen LogP contribution in [-0.2, 0) is 4.79 Å². The molecular weight excluding hydrogens is 272 g/mol. The maximum atomic E-state index is 12.4. The van der Waals surface area contributed by atoms with Gasteiger partial charge in [-0.15, -0.1) is 12.4 Å². The molecule has 1 heterocycles. The Hall–Kier alpha value is -1.06. The van der Waals surface area contributed by atoms with E-state index in [1.165, 1.54) is 5.56 Å². The highest BCUT2D eigenvalue weighted by atomic mass is 35.5. The molecule has 0 saturated carbocycles. The summed E-state index contributed by atoms with van der Waals surface area (Å²) in [4.78, 5) is 14.3. The Labute approximate surface area is 127 Å². The first-order valence-corrected chi connectivity index (χ1v) is 7.10. The first-order valence-electron chi connectivity index (χ1n) is 7.10. The van der Waals surface area contributed by atoms with E-state index in [4.69, 9.17) is 5.73 Å². The van der Waals surface area contributed by atoms with Crippen LogP contribution in [0.2, 0.25) is 0 Å². The quantitative estimate of drug-likeness (QED) is 0.932. The van der Waals surface area contributed by atoms with Gasteiger partial charge >= 0.3 is 0 Å². The Morgan fingerprint density at radius 2 is 1.80 bits per heavy atom. The molecule has 1 aromatic rings. The van der Waals surface area contributed by atoms with Crippen LogP contribution < -0.4 is 5.73 Å². The van der Waals surface area contributed by atoms with Gasteiger partial charge in [0.1, 0.15) is 0 Å². The van der Waals surface area contributed by atoms with Crippen molar-refractivity contribution >= 4 is 18.3 Å². The minimum Gasteiger partial charge on any atom is -0.340 e. The number of likely N-dealkylation sites (tertiary alicyclic amines) is 1. The number of hydrogen-bond acceptors (Lipinski definition) is 2. The molecule has 1 saturated heterocycles. The SMILES string of the molecule is CC(C)C(C)C(=O)N1C[C@@H](N)[C@H](c2ccccc2)C1.Cl. The predicted octanol–water partition coefficient (Wildman–Crippen LogP) is 2.65. The van der Waals surface area contributed by atoms with Crippen LogP contribution in [0.25, 0.3) is 0 Å². The minimum absolute atomic E-state index is 0. The van der Waals surface area contributed by atoms with Gasteiger partial charge in [-0.1, -0.05) is 51.1 Å². The lowest BCUT2D eigenvalue weighted by atomic mass is 9.95. The van der Waals surface area contributed by atoms with Crippen molar-refractivity contribution in [3.63, 3.8) is 0 Å². The molecule has 1 aliphatic heterocycles. The maximum Gasteiger partial charge on any atom is 0.225 e. The van der Waals surface area contributed by atoms with Crippen molar-refractivity contribution in [1.29, 1.82) is 0 Å². The van der Waals surface area contributed by atoms with Gasteiger partial charge < -0.3 is 10.6 Å². The fourth-order valence-electron chi connectivity index (χ4n) is 2.64. The molecule has 1 unspecified atom stereocenters. The number of hydrogen-bond donors (Lipinski definition) is 1. The van der Waals surface area contributed by atoms with Crippen LogP contribution in [0.15, 0.2) is 30.3 Å². The molecule has 112 valence electrons. The van der Waals surface area contributed by atoms with E-state index >= 15 is 0 Å². The molecule has 3 nitrogen and oxygen atoms in total. The zero-order chi connectivity index (χ0) is 14.0. The predicted molar refractivity (Wildman–Crippen MR) is 85.0 cm³/mol. The molecule has 0 aromatic heterocycles. The van der Waals surface area contributed by atoms with E-state index in [-0.39, 0.29) is 36.2 Å². The van der Waals surface area contributed by atoms with Crippen LogP contribution in [0.3, 0.4) is 0 Å². The van der Waals surface area contributed by atoms with Gasteiger partial charge in [0, 0.05) is 31.0 Å². The third-order valence-electron chi connectivity index (χ3n) is 4.29. The Balaban J connectivity index is 0.00000200. The summed E-state index contributed by atoms with van der Waals surface area (Å²) in [6.07, 6.45) is 0. The fraction of sp³-hybridized carbons (Fsp3) is 0.562. The summed E-state index contributed by atoms with van der Waals surface area (Å²) in [6.45, 7) is 7.62. The number of halogens is 1. The third-order valence-corrected chi connectivity index (χ3v) is 4.29. The third kappa shape index (κ3) is 3.53. The highest BCUT2D eigenvalue weighted by Gasteiger charge is 2.35. The van der Waals surface area contributed by atoms with Crippen molar-refractivity contribution in [3.05, 3.63) is 35.9 Å². The Bertz CT molecular complexity index is 435. The van der Waals surface area contributed by atoms with Gasteiger partial charge in [0.15, 0.2) is 0 Å². The van der Waals surface area contributed by atoms with Crippen molar-refractivity contribution < 1.29 is 4.79 Å². The molecule has 1 aromatic carbocycles. The van der Waals surface area contributed by atoms with Gasteiger partial charge in [-0.25, -0.2) is 0 Å². The van der Waals surface area contributed by atoms with Gasteiger partial charge in [0.25, 0.3) is 0 Å². The maximum absolute atomic E-state index is 12.4. The topological polar surface area (TPSA) is 46.3 Å². The van der Waals surface area contributed by atoms with Crippen LogP contribution in [-0.4, -0.2) is 29.9 Å². The van der Waals surface area contributed by atoms with Crippen LogP contribution >= 0.6 is 12.4 Å². The zero-order valence-electron chi connectivity index (χ0n) is 12.5. The number of rotatable bonds is 3. The van der Waals surface area contributed by atoms with Crippen LogP contribution in [0.1, 0.15) is 32.3 Å². The fourth-order valence-corrected chi connectivity index (χ4v) is 2.64. The van der Waals surface area contributed by atoms with Crippen LogP contribution in [0.4, 0.5) is 0 Å². The smallest absolute Gasteiger partial charge is 0.225 e. The van der Waals surface area contributed by atoms with Crippen LogP contribution in [0.5, 0.6) is 0 Å². The largest absolute Gasteiger partial charge is 0.340 e. The van der Waals surface area contributed by atoms with Gasteiger partial charge in [0.05, 0.1) is 0 Å². The van der Waals surface area contributed by atoms with E-state index in [0.29, 0.717) is 12.5 Å². The average molecular weight is 297 g/mol. The molecule has 1 amide bonds. The molecule has 0 radical (unpaired) electrons. The number of nitrogens with zero attached hydrogens (tertiary/aromatic N) is 1. The van der Waals surface area contributed by atoms with E-state index in [0.717, 1.165) is 6.54 Å². The Morgan fingerprint density at radius 3 is 2.35 bits per heavy atom. The second-order valence-electron chi connectivity index (χ2n) is 5.96. The van der Waals surface area contributed by atoms with Crippen molar-refractivity contribution in [2.24, 2.45) is 17.6 Å². The molecule has 0 spiro atoms. The number of benzene rings is 1. The van der Waals surface area contributed by atoms with Crippen molar-refractivity contribution in [2.45, 2.75) is 32.7 Å². The highest BCUT2D eigenvalue weighted by Crippen LogP contribution is 2.28. The van der Waals surface area contributed by atoms with E-state index in [1.807, 2.05) is 30.0 Å². The molecule has 2 N–H and O–H groups in total. The minimum atomic E-state index is 0. The lowest BCUT2D eigenvalue weighted by Crippen LogP contribution is -2.37. The molecule has 0 bridgehead atoms. The average Bonchev–Trinajstić information content (AvgIpc) is 2.80. The summed E-state index contributed by atoms with van der Waals surface area (Å²) in [5.41, 5.74) is 7.46. The molecule has 20 heavy (non-hydrogen) atoms. The normalized spacial score (nSPS) is 23.6. The summed E-state index contributed by atoms with van der Waals surface area (Å²) in [7, 11) is 0. The summed E-state index contributed by atoms with van der Waals surface area (Å²) in [5.74, 6) is 0.953. The standard InChI is InChI=1S/C16H24N2O.ClH/c1-11(2)12(3)16(19)18-9-14(15(17)10-18)13-7-5-4-6-8-13;/h4-8,11-12,14-15H,9-10,17H2,1-3H3;1H/t12?,14-,15+;/m0./s1. The van der Waals surface area contributed by atoms with Crippen molar-refractivity contribution in [2.75, 3.05) is 13.1 Å². The highest BCUT2D eigenvalue weighted by molar-refractivity contribution is 5.85. The molecular formula is C16H25ClN2O. The monoisotopic (exact) mass is 296 g/mol.